The zero-order chi connectivity index (χ0) is 14.2. The lowest BCUT2D eigenvalue weighted by atomic mass is 10.2. The molecule has 8 heteroatoms. The Balaban J connectivity index is 2.41. The van der Waals surface area contributed by atoms with Crippen molar-refractivity contribution in [3.05, 3.63) is 27.8 Å². The number of likely N-dealkylation sites (N-methyl/N-ethyl adjacent to an activating group) is 1. The van der Waals surface area contributed by atoms with Crippen molar-refractivity contribution in [1.29, 1.82) is 0 Å². The summed E-state index contributed by atoms with van der Waals surface area (Å²) < 4.78 is 27.9. The first-order chi connectivity index (χ1) is 8.91. The Morgan fingerprint density at radius 1 is 1.32 bits per heavy atom. The molecule has 0 bridgehead atoms. The highest BCUT2D eigenvalue weighted by molar-refractivity contribution is 5.69. The topological polar surface area (TPSA) is 75.6 Å². The molecule has 6 nitrogen and oxygen atoms in total. The van der Waals surface area contributed by atoms with Crippen LogP contribution in [-0.2, 0) is 0 Å². The van der Waals surface area contributed by atoms with Gasteiger partial charge in [-0.15, -0.1) is 0 Å². The molecular weight excluding hydrogens is 258 g/mol. The number of hydrogen-bond donors (Lipinski definition) is 1. The van der Waals surface area contributed by atoms with Gasteiger partial charge in [-0.1, -0.05) is 0 Å². The third kappa shape index (κ3) is 2.43. The molecule has 0 saturated carbocycles. The number of nitrogens with two attached hydrogens (primary N) is 1. The number of rotatable bonds is 2. The summed E-state index contributed by atoms with van der Waals surface area (Å²) in [6.07, 6.45) is 0. The van der Waals surface area contributed by atoms with Gasteiger partial charge in [-0.2, -0.15) is 0 Å². The number of nitrogen functional groups attached to an aromatic ring is 1. The second-order valence-corrected chi connectivity index (χ2v) is 4.50. The van der Waals surface area contributed by atoms with Crippen LogP contribution in [0.15, 0.2) is 6.07 Å². The molecule has 1 aliphatic rings. The lowest BCUT2D eigenvalue weighted by molar-refractivity contribution is -0.384. The summed E-state index contributed by atoms with van der Waals surface area (Å²) in [4.78, 5) is 13.3. The quantitative estimate of drug-likeness (QED) is 0.497. The van der Waals surface area contributed by atoms with Crippen molar-refractivity contribution in [1.82, 2.24) is 4.90 Å². The summed E-state index contributed by atoms with van der Waals surface area (Å²) in [6, 6.07) is 0.673. The maximum Gasteiger partial charge on any atom is 0.298 e. The van der Waals surface area contributed by atoms with Gasteiger partial charge in [0.05, 0.1) is 11.0 Å². The SMILES string of the molecule is CN1CCN(c2c(F)cc([N+](=O)[O-])c(N)c2F)CC1. The van der Waals surface area contributed by atoms with Gasteiger partial charge in [0, 0.05) is 26.2 Å². The minimum absolute atomic E-state index is 0.281. The Bertz CT molecular complexity index is 516. The third-order valence-electron chi connectivity index (χ3n) is 3.23. The van der Waals surface area contributed by atoms with E-state index in [1.54, 1.807) is 0 Å². The normalized spacial score (nSPS) is 16.7. The first-order valence-corrected chi connectivity index (χ1v) is 5.77. The molecule has 1 aromatic carbocycles. The maximum atomic E-state index is 14.0. The van der Waals surface area contributed by atoms with E-state index in [-0.39, 0.29) is 5.69 Å². The number of nitro benzene ring substituents is 1. The fraction of sp³-hybridized carbons (Fsp3) is 0.455. The Kier molecular flexibility index (Phi) is 3.52. The lowest BCUT2D eigenvalue weighted by Crippen LogP contribution is -2.45. The molecule has 19 heavy (non-hydrogen) atoms. The largest absolute Gasteiger partial charge is 0.391 e. The molecule has 2 N–H and O–H groups in total. The van der Waals surface area contributed by atoms with Gasteiger partial charge in [-0.25, -0.2) is 8.78 Å². The van der Waals surface area contributed by atoms with Crippen LogP contribution in [0.1, 0.15) is 0 Å². The van der Waals surface area contributed by atoms with Crippen molar-refractivity contribution >= 4 is 17.1 Å². The van der Waals surface area contributed by atoms with Crippen molar-refractivity contribution in [3.8, 4) is 0 Å². The van der Waals surface area contributed by atoms with Crippen LogP contribution >= 0.6 is 0 Å². The van der Waals surface area contributed by atoms with E-state index in [4.69, 9.17) is 5.73 Å². The fourth-order valence-electron chi connectivity index (χ4n) is 2.08. The molecule has 1 saturated heterocycles. The first kappa shape index (κ1) is 13.5. The van der Waals surface area contributed by atoms with Crippen LogP contribution < -0.4 is 10.6 Å². The van der Waals surface area contributed by atoms with Gasteiger partial charge in [0.15, 0.2) is 11.6 Å². The van der Waals surface area contributed by atoms with Crippen LogP contribution in [0.4, 0.5) is 25.8 Å². The monoisotopic (exact) mass is 272 g/mol. The van der Waals surface area contributed by atoms with Gasteiger partial charge >= 0.3 is 0 Å². The van der Waals surface area contributed by atoms with E-state index in [0.29, 0.717) is 32.2 Å². The Morgan fingerprint density at radius 2 is 1.89 bits per heavy atom. The second kappa shape index (κ2) is 4.96. The summed E-state index contributed by atoms with van der Waals surface area (Å²) in [5.41, 5.74) is 3.72. The fourth-order valence-corrected chi connectivity index (χ4v) is 2.08. The highest BCUT2D eigenvalue weighted by Crippen LogP contribution is 2.34. The van der Waals surface area contributed by atoms with Gasteiger partial charge in [0.2, 0.25) is 0 Å². The second-order valence-electron chi connectivity index (χ2n) is 4.50. The minimum atomic E-state index is -1.06. The van der Waals surface area contributed by atoms with Gasteiger partial charge in [-0.05, 0) is 7.05 Å². The molecule has 0 aromatic heterocycles. The summed E-state index contributed by atoms with van der Waals surface area (Å²) in [7, 11) is 1.91. The van der Waals surface area contributed by atoms with Crippen LogP contribution in [0.3, 0.4) is 0 Å². The number of nitro groups is 1. The number of halogens is 2. The van der Waals surface area contributed by atoms with Gasteiger partial charge in [-0.3, -0.25) is 10.1 Å². The summed E-state index contributed by atoms with van der Waals surface area (Å²) in [6.45, 7) is 2.22. The van der Waals surface area contributed by atoms with Crippen LogP contribution in [-0.4, -0.2) is 43.0 Å². The van der Waals surface area contributed by atoms with Crippen LogP contribution in [0, 0.1) is 21.7 Å². The van der Waals surface area contributed by atoms with E-state index < -0.39 is 27.9 Å². The minimum Gasteiger partial charge on any atom is -0.391 e. The average Bonchev–Trinajstić information content (AvgIpc) is 2.36. The van der Waals surface area contributed by atoms with E-state index in [9.17, 15) is 18.9 Å². The molecular formula is C11H14F2N4O2. The number of piperazine rings is 1. The Morgan fingerprint density at radius 3 is 2.42 bits per heavy atom. The van der Waals surface area contributed by atoms with Crippen molar-refractivity contribution < 1.29 is 13.7 Å². The standard InChI is InChI=1S/C11H14F2N4O2/c1-15-2-4-16(5-3-15)11-7(12)6-8(17(18)19)10(14)9(11)13/h6H,2-5,14H2,1H3. The number of anilines is 2. The van der Waals surface area contributed by atoms with E-state index in [1.165, 1.54) is 4.90 Å². The van der Waals surface area contributed by atoms with E-state index in [0.717, 1.165) is 0 Å². The number of hydrogen-bond acceptors (Lipinski definition) is 5. The van der Waals surface area contributed by atoms with Crippen LogP contribution in [0.2, 0.25) is 0 Å². The molecule has 0 amide bonds. The highest BCUT2D eigenvalue weighted by atomic mass is 19.1. The summed E-state index contributed by atoms with van der Waals surface area (Å²) >= 11 is 0. The van der Waals surface area contributed by atoms with Crippen molar-refractivity contribution in [3.63, 3.8) is 0 Å². The molecule has 0 unspecified atom stereocenters. The van der Waals surface area contributed by atoms with Crippen LogP contribution in [0.5, 0.6) is 0 Å². The molecule has 1 fully saturated rings. The molecule has 1 aliphatic heterocycles. The molecule has 1 heterocycles. The number of nitrogens with zero attached hydrogens (tertiary/aromatic N) is 3. The third-order valence-corrected chi connectivity index (χ3v) is 3.23. The van der Waals surface area contributed by atoms with Crippen LogP contribution in [0.25, 0.3) is 0 Å². The smallest absolute Gasteiger partial charge is 0.298 e. The van der Waals surface area contributed by atoms with Crippen molar-refractivity contribution in [2.75, 3.05) is 43.9 Å². The Hall–Kier alpha value is -1.96. The van der Waals surface area contributed by atoms with E-state index in [2.05, 4.69) is 0 Å². The van der Waals surface area contributed by atoms with Gasteiger partial charge in [0.25, 0.3) is 5.69 Å². The first-order valence-electron chi connectivity index (χ1n) is 5.77. The molecule has 0 radical (unpaired) electrons. The van der Waals surface area contributed by atoms with Gasteiger partial charge in [0.1, 0.15) is 11.4 Å². The molecule has 1 aromatic rings. The predicted octanol–water partition coefficient (Wildman–Crippen LogP) is 1.21. The molecule has 0 aliphatic carbocycles. The molecule has 2 rings (SSSR count). The Labute approximate surface area is 108 Å². The highest BCUT2D eigenvalue weighted by Gasteiger charge is 2.27. The van der Waals surface area contributed by atoms with Crippen molar-refractivity contribution in [2.45, 2.75) is 0 Å². The molecule has 104 valence electrons. The average molecular weight is 272 g/mol. The molecule has 0 spiro atoms. The zero-order valence-electron chi connectivity index (χ0n) is 10.4. The maximum absolute atomic E-state index is 14.0. The van der Waals surface area contributed by atoms with Gasteiger partial charge < -0.3 is 15.5 Å². The van der Waals surface area contributed by atoms with Crippen molar-refractivity contribution in [2.24, 2.45) is 0 Å². The zero-order valence-corrected chi connectivity index (χ0v) is 10.4. The van der Waals surface area contributed by atoms with E-state index in [1.807, 2.05) is 11.9 Å². The summed E-state index contributed by atoms with van der Waals surface area (Å²) in [5.74, 6) is -2.01. The summed E-state index contributed by atoms with van der Waals surface area (Å²) in [5, 5.41) is 10.6. The number of benzene rings is 1. The van der Waals surface area contributed by atoms with E-state index >= 15 is 0 Å². The predicted molar refractivity (Wildman–Crippen MR) is 67.1 cm³/mol. The molecule has 0 atom stereocenters. The lowest BCUT2D eigenvalue weighted by Gasteiger charge is -2.34.